The molecule has 0 bridgehead atoms. The normalized spacial score (nSPS) is 12.4. The summed E-state index contributed by atoms with van der Waals surface area (Å²) < 4.78 is 5.01. The minimum Gasteiger partial charge on any atom is -0.385 e. The first-order chi connectivity index (χ1) is 9.58. The summed E-state index contributed by atoms with van der Waals surface area (Å²) in [5, 5.41) is 2.92. The number of ether oxygens (including phenoxy) is 1. The lowest BCUT2D eigenvalue weighted by Crippen LogP contribution is -2.40. The molecule has 0 saturated carbocycles. The van der Waals surface area contributed by atoms with E-state index in [9.17, 15) is 4.79 Å². The Morgan fingerprint density at radius 2 is 2.25 bits per heavy atom. The van der Waals surface area contributed by atoms with E-state index in [2.05, 4.69) is 5.32 Å². The van der Waals surface area contributed by atoms with Crippen LogP contribution in [0.25, 0.3) is 0 Å². The highest BCUT2D eigenvalue weighted by Crippen LogP contribution is 2.11. The third kappa shape index (κ3) is 5.28. The number of anilines is 1. The molecule has 5 nitrogen and oxygen atoms in total. The summed E-state index contributed by atoms with van der Waals surface area (Å²) in [6.07, 6.45) is 0.910. The van der Waals surface area contributed by atoms with Gasteiger partial charge in [-0.05, 0) is 38.1 Å². The predicted molar refractivity (Wildman–Crippen MR) is 81.5 cm³/mol. The van der Waals surface area contributed by atoms with Gasteiger partial charge in [-0.1, -0.05) is 12.1 Å². The largest absolute Gasteiger partial charge is 0.385 e. The van der Waals surface area contributed by atoms with Crippen molar-refractivity contribution in [3.63, 3.8) is 0 Å². The summed E-state index contributed by atoms with van der Waals surface area (Å²) in [6.45, 7) is 3.90. The molecule has 0 aliphatic carbocycles. The van der Waals surface area contributed by atoms with E-state index in [0.29, 0.717) is 13.2 Å². The van der Waals surface area contributed by atoms with Crippen molar-refractivity contribution in [3.8, 4) is 0 Å². The van der Waals surface area contributed by atoms with E-state index in [0.717, 1.165) is 24.2 Å². The Morgan fingerprint density at radius 1 is 1.50 bits per heavy atom. The second kappa shape index (κ2) is 8.68. The van der Waals surface area contributed by atoms with E-state index in [1.54, 1.807) is 7.11 Å². The minimum absolute atomic E-state index is 0.0147. The van der Waals surface area contributed by atoms with Gasteiger partial charge in [-0.2, -0.15) is 0 Å². The quantitative estimate of drug-likeness (QED) is 0.707. The van der Waals surface area contributed by atoms with Gasteiger partial charge < -0.3 is 15.8 Å². The van der Waals surface area contributed by atoms with Crippen LogP contribution in [0.2, 0.25) is 0 Å². The van der Waals surface area contributed by atoms with E-state index in [4.69, 9.17) is 10.5 Å². The van der Waals surface area contributed by atoms with E-state index in [-0.39, 0.29) is 11.9 Å². The van der Waals surface area contributed by atoms with Gasteiger partial charge in [0.1, 0.15) is 0 Å². The maximum absolute atomic E-state index is 12.2. The topological polar surface area (TPSA) is 67.6 Å². The van der Waals surface area contributed by atoms with Gasteiger partial charge in [0.15, 0.2) is 0 Å². The second-order valence-corrected chi connectivity index (χ2v) is 4.90. The van der Waals surface area contributed by atoms with Crippen LogP contribution in [0.15, 0.2) is 24.3 Å². The summed E-state index contributed by atoms with van der Waals surface area (Å²) in [5.41, 5.74) is 7.38. The predicted octanol–water partition coefficient (Wildman–Crippen LogP) is 1.44. The number of amides is 1. The van der Waals surface area contributed by atoms with Gasteiger partial charge in [0.2, 0.25) is 5.91 Å². The maximum Gasteiger partial charge on any atom is 0.241 e. The molecular weight excluding hydrogens is 254 g/mol. The number of nitrogens with two attached hydrogens (primary N) is 1. The average Bonchev–Trinajstić information content (AvgIpc) is 2.46. The highest BCUT2D eigenvalue weighted by Gasteiger charge is 2.17. The monoisotopic (exact) mass is 279 g/mol. The Morgan fingerprint density at radius 3 is 2.90 bits per heavy atom. The SMILES string of the molecule is COCCCN(C)C(C)C(=O)Nc1cccc(CN)c1. The molecule has 1 aromatic rings. The number of carbonyl (C=O) groups is 1. The average molecular weight is 279 g/mol. The highest BCUT2D eigenvalue weighted by atomic mass is 16.5. The second-order valence-electron chi connectivity index (χ2n) is 4.90. The Hall–Kier alpha value is -1.43. The Balaban J connectivity index is 2.51. The maximum atomic E-state index is 12.2. The van der Waals surface area contributed by atoms with Crippen molar-refractivity contribution in [1.29, 1.82) is 0 Å². The third-order valence-corrected chi connectivity index (χ3v) is 3.33. The number of carbonyl (C=O) groups excluding carboxylic acids is 1. The van der Waals surface area contributed by atoms with E-state index >= 15 is 0 Å². The van der Waals surface area contributed by atoms with Gasteiger partial charge in [0.25, 0.3) is 0 Å². The smallest absolute Gasteiger partial charge is 0.241 e. The van der Waals surface area contributed by atoms with E-state index < -0.39 is 0 Å². The van der Waals surface area contributed by atoms with Crippen molar-refractivity contribution in [3.05, 3.63) is 29.8 Å². The summed E-state index contributed by atoms with van der Waals surface area (Å²) in [7, 11) is 3.62. The molecule has 0 radical (unpaired) electrons. The molecular formula is C15H25N3O2. The van der Waals surface area contributed by atoms with Crippen LogP contribution < -0.4 is 11.1 Å². The minimum atomic E-state index is -0.187. The third-order valence-electron chi connectivity index (χ3n) is 3.33. The van der Waals surface area contributed by atoms with Crippen molar-refractivity contribution in [2.45, 2.75) is 25.9 Å². The van der Waals surface area contributed by atoms with Crippen LogP contribution >= 0.6 is 0 Å². The van der Waals surface area contributed by atoms with Gasteiger partial charge >= 0.3 is 0 Å². The van der Waals surface area contributed by atoms with Crippen molar-refractivity contribution >= 4 is 11.6 Å². The molecule has 1 aromatic carbocycles. The summed E-state index contributed by atoms with van der Waals surface area (Å²) in [6, 6.07) is 7.42. The number of hydrogen-bond donors (Lipinski definition) is 2. The van der Waals surface area contributed by atoms with Crippen LogP contribution in [0.1, 0.15) is 18.9 Å². The fourth-order valence-electron chi connectivity index (χ4n) is 1.87. The number of benzene rings is 1. The van der Waals surface area contributed by atoms with Crippen LogP contribution in [0.3, 0.4) is 0 Å². The van der Waals surface area contributed by atoms with Crippen molar-refractivity contribution in [2.75, 3.05) is 32.6 Å². The van der Waals surface area contributed by atoms with Crippen molar-refractivity contribution in [2.24, 2.45) is 5.73 Å². The lowest BCUT2D eigenvalue weighted by Gasteiger charge is -2.23. The van der Waals surface area contributed by atoms with Gasteiger partial charge in [0, 0.05) is 32.5 Å². The Labute approximate surface area is 121 Å². The Bertz CT molecular complexity index is 423. The molecule has 5 heteroatoms. The van der Waals surface area contributed by atoms with Crippen LogP contribution in [-0.2, 0) is 16.1 Å². The van der Waals surface area contributed by atoms with E-state index in [1.165, 1.54) is 0 Å². The molecule has 0 aromatic heterocycles. The highest BCUT2D eigenvalue weighted by molar-refractivity contribution is 5.94. The number of nitrogens with one attached hydrogen (secondary N) is 1. The molecule has 0 spiro atoms. The standard InChI is InChI=1S/C15H25N3O2/c1-12(18(2)8-5-9-20-3)15(19)17-14-7-4-6-13(10-14)11-16/h4,6-7,10,12H,5,8-9,11,16H2,1-3H3,(H,17,19). The van der Waals surface area contributed by atoms with Crippen LogP contribution in [0.5, 0.6) is 0 Å². The molecule has 1 atom stereocenters. The fraction of sp³-hybridized carbons (Fsp3) is 0.533. The first kappa shape index (κ1) is 16.6. The number of nitrogens with zero attached hydrogens (tertiary/aromatic N) is 1. The summed E-state index contributed by atoms with van der Waals surface area (Å²) in [4.78, 5) is 14.2. The molecule has 0 aliphatic heterocycles. The van der Waals surface area contributed by atoms with Gasteiger partial charge in [-0.3, -0.25) is 9.69 Å². The van der Waals surface area contributed by atoms with Crippen molar-refractivity contribution < 1.29 is 9.53 Å². The first-order valence-electron chi connectivity index (χ1n) is 6.87. The molecule has 0 saturated heterocycles. The van der Waals surface area contributed by atoms with Crippen LogP contribution in [0.4, 0.5) is 5.69 Å². The van der Waals surface area contributed by atoms with Gasteiger partial charge in [0.05, 0.1) is 6.04 Å². The number of hydrogen-bond acceptors (Lipinski definition) is 4. The molecule has 0 aliphatic rings. The van der Waals surface area contributed by atoms with Crippen molar-refractivity contribution in [1.82, 2.24) is 4.90 Å². The lowest BCUT2D eigenvalue weighted by molar-refractivity contribution is -0.120. The number of methoxy groups -OCH3 is 1. The zero-order valence-corrected chi connectivity index (χ0v) is 12.6. The van der Waals surface area contributed by atoms with Crippen LogP contribution in [0, 0.1) is 0 Å². The Kier molecular flexibility index (Phi) is 7.22. The van der Waals surface area contributed by atoms with E-state index in [1.807, 2.05) is 43.1 Å². The summed E-state index contributed by atoms with van der Waals surface area (Å²) in [5.74, 6) is -0.0147. The zero-order chi connectivity index (χ0) is 15.0. The first-order valence-corrected chi connectivity index (χ1v) is 6.87. The summed E-state index contributed by atoms with van der Waals surface area (Å²) >= 11 is 0. The molecule has 1 unspecified atom stereocenters. The fourth-order valence-corrected chi connectivity index (χ4v) is 1.87. The lowest BCUT2D eigenvalue weighted by atomic mass is 10.2. The molecule has 20 heavy (non-hydrogen) atoms. The zero-order valence-electron chi connectivity index (χ0n) is 12.6. The molecule has 0 fully saturated rings. The van der Waals surface area contributed by atoms with Crippen LogP contribution in [-0.4, -0.2) is 44.2 Å². The molecule has 0 heterocycles. The molecule has 3 N–H and O–H groups in total. The molecule has 1 amide bonds. The molecule has 112 valence electrons. The van der Waals surface area contributed by atoms with Gasteiger partial charge in [-0.15, -0.1) is 0 Å². The number of rotatable bonds is 8. The number of likely N-dealkylation sites (N-methyl/N-ethyl adjacent to an activating group) is 1. The molecule has 1 rings (SSSR count). The van der Waals surface area contributed by atoms with Gasteiger partial charge in [-0.25, -0.2) is 0 Å².